The molecule has 0 radical (unpaired) electrons. The van der Waals surface area contributed by atoms with Gasteiger partial charge in [0, 0.05) is 13.1 Å². The molecule has 0 bridgehead atoms. The number of carbonyl (C=O) groups is 1. The summed E-state index contributed by atoms with van der Waals surface area (Å²) in [4.78, 5) is 11.1. The first-order chi connectivity index (χ1) is 9.12. The molecule has 1 N–H and O–H groups in total. The Morgan fingerprint density at radius 1 is 1.26 bits per heavy atom. The molecular weight excluding hydrogens is 270 g/mol. The molecule has 1 rings (SSSR count). The van der Waals surface area contributed by atoms with Crippen molar-refractivity contribution in [2.24, 2.45) is 0 Å². The Bertz CT molecular complexity index is 425. The van der Waals surface area contributed by atoms with Gasteiger partial charge in [0.15, 0.2) is 11.5 Å². The first-order valence-corrected chi connectivity index (χ1v) is 6.19. The summed E-state index contributed by atoms with van der Waals surface area (Å²) in [5.41, 5.74) is 1.01. The normalized spacial score (nSPS) is 11.8. The third kappa shape index (κ3) is 4.61. The van der Waals surface area contributed by atoms with Crippen LogP contribution in [0.4, 0.5) is 0 Å². The minimum absolute atomic E-state index is 0.336. The second-order valence-corrected chi connectivity index (χ2v) is 4.34. The standard InChI is InChI=1S/C13H18ClNO4/c1-17-11-5-4-9(6-12(11)18-2)7-15-8-10(14)13(16)19-3/h4-6,10,15H,7-8H2,1-3H3. The zero-order chi connectivity index (χ0) is 14.3. The molecule has 0 saturated heterocycles. The quantitative estimate of drug-likeness (QED) is 0.609. The lowest BCUT2D eigenvalue weighted by Crippen LogP contribution is -2.29. The lowest BCUT2D eigenvalue weighted by molar-refractivity contribution is -0.140. The molecule has 0 fully saturated rings. The van der Waals surface area contributed by atoms with Crippen LogP contribution in [0.5, 0.6) is 11.5 Å². The first kappa shape index (κ1) is 15.6. The Morgan fingerprint density at radius 2 is 1.95 bits per heavy atom. The highest BCUT2D eigenvalue weighted by Crippen LogP contribution is 2.27. The van der Waals surface area contributed by atoms with Gasteiger partial charge in [-0.25, -0.2) is 0 Å². The van der Waals surface area contributed by atoms with Crippen LogP contribution in [0.1, 0.15) is 5.56 Å². The van der Waals surface area contributed by atoms with Crippen LogP contribution in [0, 0.1) is 0 Å². The number of ether oxygens (including phenoxy) is 3. The summed E-state index contributed by atoms with van der Waals surface area (Å²) in [6, 6.07) is 5.61. The summed E-state index contributed by atoms with van der Waals surface area (Å²) in [6.07, 6.45) is 0. The molecule has 1 atom stereocenters. The van der Waals surface area contributed by atoms with Crippen molar-refractivity contribution in [2.45, 2.75) is 11.9 Å². The Balaban J connectivity index is 2.52. The van der Waals surface area contributed by atoms with E-state index in [1.165, 1.54) is 7.11 Å². The number of alkyl halides is 1. The van der Waals surface area contributed by atoms with Gasteiger partial charge in [0.25, 0.3) is 0 Å². The Labute approximate surface area is 117 Å². The Hall–Kier alpha value is -1.46. The fourth-order valence-corrected chi connectivity index (χ4v) is 1.74. The van der Waals surface area contributed by atoms with Crippen LogP contribution in [0.25, 0.3) is 0 Å². The van der Waals surface area contributed by atoms with Gasteiger partial charge in [-0.05, 0) is 17.7 Å². The molecule has 0 aliphatic carbocycles. The highest BCUT2D eigenvalue weighted by Gasteiger charge is 2.14. The number of carbonyl (C=O) groups excluding carboxylic acids is 1. The van der Waals surface area contributed by atoms with E-state index >= 15 is 0 Å². The van der Waals surface area contributed by atoms with Gasteiger partial charge in [-0.1, -0.05) is 6.07 Å². The molecule has 0 aliphatic rings. The number of rotatable bonds is 7. The van der Waals surface area contributed by atoms with Crippen molar-refractivity contribution in [2.75, 3.05) is 27.9 Å². The molecule has 5 nitrogen and oxygen atoms in total. The Morgan fingerprint density at radius 3 is 2.53 bits per heavy atom. The van der Waals surface area contributed by atoms with Gasteiger partial charge in [-0.3, -0.25) is 4.79 Å². The lowest BCUT2D eigenvalue weighted by Gasteiger charge is -2.11. The van der Waals surface area contributed by atoms with Gasteiger partial charge in [0.2, 0.25) is 0 Å². The smallest absolute Gasteiger partial charge is 0.325 e. The molecular formula is C13H18ClNO4. The van der Waals surface area contributed by atoms with E-state index in [-0.39, 0.29) is 0 Å². The van der Waals surface area contributed by atoms with Crippen molar-refractivity contribution in [1.29, 1.82) is 0 Å². The zero-order valence-corrected chi connectivity index (χ0v) is 12.0. The van der Waals surface area contributed by atoms with Gasteiger partial charge in [0.1, 0.15) is 5.38 Å². The van der Waals surface area contributed by atoms with Crippen molar-refractivity contribution in [3.63, 3.8) is 0 Å². The van der Waals surface area contributed by atoms with Gasteiger partial charge in [-0.2, -0.15) is 0 Å². The zero-order valence-electron chi connectivity index (χ0n) is 11.2. The number of benzene rings is 1. The summed E-state index contributed by atoms with van der Waals surface area (Å²) in [5, 5.41) is 2.39. The number of methoxy groups -OCH3 is 3. The van der Waals surface area contributed by atoms with E-state index in [1.807, 2.05) is 18.2 Å². The molecule has 1 unspecified atom stereocenters. The van der Waals surface area contributed by atoms with Crippen LogP contribution < -0.4 is 14.8 Å². The average molecular weight is 288 g/mol. The number of esters is 1. The second kappa shape index (κ2) is 7.86. The number of halogens is 1. The third-order valence-electron chi connectivity index (χ3n) is 2.56. The van der Waals surface area contributed by atoms with Crippen LogP contribution in [0.2, 0.25) is 0 Å². The van der Waals surface area contributed by atoms with E-state index in [0.29, 0.717) is 24.6 Å². The molecule has 19 heavy (non-hydrogen) atoms. The predicted molar refractivity (Wildman–Crippen MR) is 72.9 cm³/mol. The van der Waals surface area contributed by atoms with Crippen molar-refractivity contribution in [3.8, 4) is 11.5 Å². The maximum absolute atomic E-state index is 11.1. The summed E-state index contributed by atoms with van der Waals surface area (Å²) < 4.78 is 14.9. The first-order valence-electron chi connectivity index (χ1n) is 5.76. The summed E-state index contributed by atoms with van der Waals surface area (Å²) >= 11 is 5.82. The molecule has 0 aliphatic heterocycles. The summed E-state index contributed by atoms with van der Waals surface area (Å²) in [6.45, 7) is 0.906. The van der Waals surface area contributed by atoms with Crippen LogP contribution in [0.15, 0.2) is 18.2 Å². The van der Waals surface area contributed by atoms with E-state index in [0.717, 1.165) is 5.56 Å². The van der Waals surface area contributed by atoms with Crippen LogP contribution in [-0.2, 0) is 16.1 Å². The molecule has 0 aromatic heterocycles. The minimum Gasteiger partial charge on any atom is -0.493 e. The average Bonchev–Trinajstić information content (AvgIpc) is 2.45. The molecule has 0 spiro atoms. The van der Waals surface area contributed by atoms with E-state index < -0.39 is 11.3 Å². The monoisotopic (exact) mass is 287 g/mol. The van der Waals surface area contributed by atoms with Crippen molar-refractivity contribution < 1.29 is 19.0 Å². The van der Waals surface area contributed by atoms with E-state index in [2.05, 4.69) is 10.1 Å². The maximum Gasteiger partial charge on any atom is 0.325 e. The van der Waals surface area contributed by atoms with Gasteiger partial charge in [-0.15, -0.1) is 11.6 Å². The number of hydrogen-bond acceptors (Lipinski definition) is 5. The van der Waals surface area contributed by atoms with Gasteiger partial charge in [0.05, 0.1) is 21.3 Å². The molecule has 0 amide bonds. The third-order valence-corrected chi connectivity index (χ3v) is 2.89. The van der Waals surface area contributed by atoms with Crippen LogP contribution in [-0.4, -0.2) is 39.2 Å². The summed E-state index contributed by atoms with van der Waals surface area (Å²) in [5.74, 6) is 0.898. The fourth-order valence-electron chi connectivity index (χ4n) is 1.55. The largest absolute Gasteiger partial charge is 0.493 e. The molecule has 6 heteroatoms. The lowest BCUT2D eigenvalue weighted by atomic mass is 10.2. The maximum atomic E-state index is 11.1. The van der Waals surface area contributed by atoms with E-state index in [1.54, 1.807) is 14.2 Å². The molecule has 0 heterocycles. The van der Waals surface area contributed by atoms with Gasteiger partial charge >= 0.3 is 5.97 Å². The summed E-state index contributed by atoms with van der Waals surface area (Å²) in [7, 11) is 4.48. The molecule has 106 valence electrons. The second-order valence-electron chi connectivity index (χ2n) is 3.81. The predicted octanol–water partition coefficient (Wildman–Crippen LogP) is 1.57. The van der Waals surface area contributed by atoms with Crippen molar-refractivity contribution in [3.05, 3.63) is 23.8 Å². The molecule has 1 aromatic carbocycles. The highest BCUT2D eigenvalue weighted by molar-refractivity contribution is 6.30. The fraction of sp³-hybridized carbons (Fsp3) is 0.462. The number of nitrogens with one attached hydrogen (secondary N) is 1. The number of hydrogen-bond donors (Lipinski definition) is 1. The van der Waals surface area contributed by atoms with Crippen LogP contribution >= 0.6 is 11.6 Å². The molecule has 0 saturated carbocycles. The SMILES string of the molecule is COC(=O)C(Cl)CNCc1ccc(OC)c(OC)c1. The van der Waals surface area contributed by atoms with E-state index in [4.69, 9.17) is 21.1 Å². The van der Waals surface area contributed by atoms with E-state index in [9.17, 15) is 4.79 Å². The van der Waals surface area contributed by atoms with Gasteiger partial charge < -0.3 is 19.5 Å². The Kier molecular flexibility index (Phi) is 6.45. The van der Waals surface area contributed by atoms with Crippen molar-refractivity contribution in [1.82, 2.24) is 5.32 Å². The van der Waals surface area contributed by atoms with Crippen LogP contribution in [0.3, 0.4) is 0 Å². The minimum atomic E-state index is -0.690. The van der Waals surface area contributed by atoms with Crippen molar-refractivity contribution >= 4 is 17.6 Å². The topological polar surface area (TPSA) is 56.8 Å². The highest BCUT2D eigenvalue weighted by atomic mass is 35.5. The molecule has 1 aromatic rings.